The van der Waals surface area contributed by atoms with Crippen LogP contribution in [0, 0.1) is 6.92 Å². The molecule has 3 nitrogen and oxygen atoms in total. The fourth-order valence-electron chi connectivity index (χ4n) is 2.52. The second-order valence-corrected chi connectivity index (χ2v) is 5.49. The lowest BCUT2D eigenvalue weighted by Crippen LogP contribution is -2.35. The Morgan fingerprint density at radius 1 is 1.15 bits per heavy atom. The lowest BCUT2D eigenvalue weighted by molar-refractivity contribution is 0.0931. The van der Waals surface area contributed by atoms with Gasteiger partial charge >= 0.3 is 0 Å². The first-order valence-electron chi connectivity index (χ1n) is 6.85. The molecule has 1 amide bonds. The molecule has 0 heterocycles. The van der Waals surface area contributed by atoms with Crippen molar-refractivity contribution in [2.24, 2.45) is 0 Å². The number of aryl methyl sites for hydroxylation is 1. The molecule has 1 aliphatic carbocycles. The summed E-state index contributed by atoms with van der Waals surface area (Å²) in [5, 5.41) is 3.15. The molecule has 0 atom stereocenters. The van der Waals surface area contributed by atoms with E-state index in [0.717, 1.165) is 18.4 Å². The SMILES string of the molecule is Cc1ccc(N)c(C(=O)NC2(c3ccccc3)CC2)c1. The van der Waals surface area contributed by atoms with Crippen LogP contribution in [0.4, 0.5) is 5.69 Å². The lowest BCUT2D eigenvalue weighted by atomic mass is 10.0. The maximum absolute atomic E-state index is 12.5. The molecule has 0 saturated heterocycles. The number of nitrogens with one attached hydrogen (secondary N) is 1. The average molecular weight is 266 g/mol. The standard InChI is InChI=1S/C17H18N2O/c1-12-7-8-15(18)14(11-12)16(20)19-17(9-10-17)13-5-3-2-4-6-13/h2-8,11H,9-10,18H2,1H3,(H,19,20). The lowest BCUT2D eigenvalue weighted by Gasteiger charge is -2.18. The Hall–Kier alpha value is -2.29. The van der Waals surface area contributed by atoms with E-state index in [9.17, 15) is 4.79 Å². The number of hydrogen-bond donors (Lipinski definition) is 2. The Balaban J connectivity index is 1.85. The van der Waals surface area contributed by atoms with Gasteiger partial charge in [0, 0.05) is 5.69 Å². The molecule has 0 unspecified atom stereocenters. The predicted molar refractivity (Wildman–Crippen MR) is 80.4 cm³/mol. The first-order valence-corrected chi connectivity index (χ1v) is 6.85. The van der Waals surface area contributed by atoms with Crippen molar-refractivity contribution < 1.29 is 4.79 Å². The van der Waals surface area contributed by atoms with Gasteiger partial charge in [0.25, 0.3) is 5.91 Å². The number of nitrogens with two attached hydrogens (primary N) is 1. The van der Waals surface area contributed by atoms with Crippen LogP contribution in [0.1, 0.15) is 34.3 Å². The molecule has 102 valence electrons. The van der Waals surface area contributed by atoms with E-state index in [4.69, 9.17) is 5.73 Å². The number of carbonyl (C=O) groups excluding carboxylic acids is 1. The van der Waals surface area contributed by atoms with Crippen molar-refractivity contribution in [3.63, 3.8) is 0 Å². The van der Waals surface area contributed by atoms with E-state index >= 15 is 0 Å². The zero-order chi connectivity index (χ0) is 14.2. The van der Waals surface area contributed by atoms with Crippen molar-refractivity contribution in [1.82, 2.24) is 5.32 Å². The van der Waals surface area contributed by atoms with Gasteiger partial charge < -0.3 is 11.1 Å². The highest BCUT2D eigenvalue weighted by atomic mass is 16.1. The highest BCUT2D eigenvalue weighted by Crippen LogP contribution is 2.45. The number of carbonyl (C=O) groups is 1. The number of rotatable bonds is 3. The minimum Gasteiger partial charge on any atom is -0.398 e. The summed E-state index contributed by atoms with van der Waals surface area (Å²) in [4.78, 5) is 12.5. The first-order chi connectivity index (χ1) is 9.61. The van der Waals surface area contributed by atoms with Crippen molar-refractivity contribution in [3.05, 3.63) is 65.2 Å². The van der Waals surface area contributed by atoms with E-state index in [0.29, 0.717) is 11.3 Å². The van der Waals surface area contributed by atoms with Gasteiger partial charge in [-0.05, 0) is 37.5 Å². The Morgan fingerprint density at radius 2 is 1.85 bits per heavy atom. The minimum absolute atomic E-state index is 0.0902. The van der Waals surface area contributed by atoms with Crippen LogP contribution in [0.3, 0.4) is 0 Å². The van der Waals surface area contributed by atoms with Crippen molar-refractivity contribution in [2.75, 3.05) is 5.73 Å². The summed E-state index contributed by atoms with van der Waals surface area (Å²) < 4.78 is 0. The van der Waals surface area contributed by atoms with Gasteiger partial charge in [0.05, 0.1) is 11.1 Å². The molecule has 3 rings (SSSR count). The molecule has 1 fully saturated rings. The molecule has 0 spiro atoms. The van der Waals surface area contributed by atoms with Crippen LogP contribution in [-0.4, -0.2) is 5.91 Å². The minimum atomic E-state index is -0.200. The van der Waals surface area contributed by atoms with Crippen LogP contribution in [-0.2, 0) is 5.54 Å². The summed E-state index contributed by atoms with van der Waals surface area (Å²) in [6, 6.07) is 15.7. The molecule has 1 aliphatic rings. The van der Waals surface area contributed by atoms with E-state index in [-0.39, 0.29) is 11.4 Å². The molecule has 0 aromatic heterocycles. The van der Waals surface area contributed by atoms with Crippen LogP contribution in [0.2, 0.25) is 0 Å². The van der Waals surface area contributed by atoms with Crippen LogP contribution >= 0.6 is 0 Å². The van der Waals surface area contributed by atoms with E-state index in [2.05, 4.69) is 17.4 Å². The smallest absolute Gasteiger partial charge is 0.254 e. The van der Waals surface area contributed by atoms with Crippen molar-refractivity contribution >= 4 is 11.6 Å². The summed E-state index contributed by atoms with van der Waals surface area (Å²) >= 11 is 0. The van der Waals surface area contributed by atoms with Gasteiger partial charge in [-0.25, -0.2) is 0 Å². The third-order valence-corrected chi connectivity index (χ3v) is 3.88. The summed E-state index contributed by atoms with van der Waals surface area (Å²) in [6.07, 6.45) is 1.96. The highest BCUT2D eigenvalue weighted by Gasteiger charge is 2.45. The zero-order valence-electron chi connectivity index (χ0n) is 11.5. The third-order valence-electron chi connectivity index (χ3n) is 3.88. The van der Waals surface area contributed by atoms with Crippen LogP contribution < -0.4 is 11.1 Å². The summed E-state index contributed by atoms with van der Waals surface area (Å²) in [6.45, 7) is 1.96. The molecule has 0 bridgehead atoms. The molecule has 0 aliphatic heterocycles. The van der Waals surface area contributed by atoms with Gasteiger partial charge in [-0.2, -0.15) is 0 Å². The quantitative estimate of drug-likeness (QED) is 0.839. The largest absolute Gasteiger partial charge is 0.398 e. The topological polar surface area (TPSA) is 55.1 Å². The van der Waals surface area contributed by atoms with Crippen molar-refractivity contribution in [1.29, 1.82) is 0 Å². The molecule has 2 aromatic rings. The number of nitrogen functional groups attached to an aromatic ring is 1. The summed E-state index contributed by atoms with van der Waals surface area (Å²) in [5.41, 5.74) is 9.00. The maximum Gasteiger partial charge on any atom is 0.254 e. The molecular formula is C17H18N2O. The summed E-state index contributed by atoms with van der Waals surface area (Å²) in [7, 11) is 0. The van der Waals surface area contributed by atoms with Gasteiger partial charge in [0.1, 0.15) is 0 Å². The second kappa shape index (κ2) is 4.67. The van der Waals surface area contributed by atoms with Crippen molar-refractivity contribution in [3.8, 4) is 0 Å². The third kappa shape index (κ3) is 2.27. The Kier molecular flexibility index (Phi) is 2.97. The number of hydrogen-bond acceptors (Lipinski definition) is 2. The second-order valence-electron chi connectivity index (χ2n) is 5.49. The van der Waals surface area contributed by atoms with Gasteiger partial charge in [-0.3, -0.25) is 4.79 Å². The normalized spacial score (nSPS) is 15.7. The van der Waals surface area contributed by atoms with E-state index in [1.165, 1.54) is 5.56 Å². The molecule has 3 heteroatoms. The fourth-order valence-corrected chi connectivity index (χ4v) is 2.52. The zero-order valence-corrected chi connectivity index (χ0v) is 11.5. The molecule has 0 radical (unpaired) electrons. The van der Waals surface area contributed by atoms with Gasteiger partial charge in [-0.15, -0.1) is 0 Å². The Bertz CT molecular complexity index is 645. The van der Waals surface area contributed by atoms with Crippen LogP contribution in [0.15, 0.2) is 48.5 Å². The Morgan fingerprint density at radius 3 is 2.50 bits per heavy atom. The van der Waals surface area contributed by atoms with Crippen molar-refractivity contribution in [2.45, 2.75) is 25.3 Å². The van der Waals surface area contributed by atoms with Crippen LogP contribution in [0.25, 0.3) is 0 Å². The number of amides is 1. The molecular weight excluding hydrogens is 248 g/mol. The van der Waals surface area contributed by atoms with Gasteiger partial charge in [0.15, 0.2) is 0 Å². The molecule has 3 N–H and O–H groups in total. The fraction of sp³-hybridized carbons (Fsp3) is 0.235. The van der Waals surface area contributed by atoms with Gasteiger partial charge in [0.2, 0.25) is 0 Å². The van der Waals surface area contributed by atoms with Crippen LogP contribution in [0.5, 0.6) is 0 Å². The molecule has 2 aromatic carbocycles. The molecule has 20 heavy (non-hydrogen) atoms. The highest BCUT2D eigenvalue weighted by molar-refractivity contribution is 6.00. The average Bonchev–Trinajstić information content (AvgIpc) is 3.23. The predicted octanol–water partition coefficient (Wildman–Crippen LogP) is 3.00. The van der Waals surface area contributed by atoms with E-state index in [1.54, 1.807) is 6.07 Å². The number of anilines is 1. The monoisotopic (exact) mass is 266 g/mol. The maximum atomic E-state index is 12.5. The summed E-state index contributed by atoms with van der Waals surface area (Å²) in [5.74, 6) is -0.0902. The number of benzene rings is 2. The Labute approximate surface area is 118 Å². The molecule has 1 saturated carbocycles. The van der Waals surface area contributed by atoms with E-state index in [1.807, 2.05) is 37.3 Å². The van der Waals surface area contributed by atoms with Gasteiger partial charge in [-0.1, -0.05) is 42.0 Å². The van der Waals surface area contributed by atoms with E-state index < -0.39 is 0 Å². The first kappa shape index (κ1) is 12.7.